The number of anilines is 1. The van der Waals surface area contributed by atoms with Crippen molar-refractivity contribution in [2.45, 2.75) is 26.4 Å². The van der Waals surface area contributed by atoms with Crippen molar-refractivity contribution >= 4 is 17.5 Å². The van der Waals surface area contributed by atoms with Crippen LogP contribution in [0.5, 0.6) is 6.01 Å². The largest absolute Gasteiger partial charge is 0.460 e. The molecule has 15 heavy (non-hydrogen) atoms. The highest BCUT2D eigenvalue weighted by molar-refractivity contribution is 6.28. The van der Waals surface area contributed by atoms with E-state index in [9.17, 15) is 0 Å². The van der Waals surface area contributed by atoms with Crippen LogP contribution in [0.25, 0.3) is 0 Å². The van der Waals surface area contributed by atoms with Gasteiger partial charge in [-0.1, -0.05) is 6.92 Å². The predicted molar refractivity (Wildman–Crippen MR) is 59.5 cm³/mol. The van der Waals surface area contributed by atoms with Crippen molar-refractivity contribution in [3.63, 3.8) is 0 Å². The molecule has 1 heterocycles. The van der Waals surface area contributed by atoms with E-state index in [4.69, 9.17) is 16.3 Å². The van der Waals surface area contributed by atoms with E-state index in [1.807, 2.05) is 27.9 Å². The third-order valence-corrected chi connectivity index (χ3v) is 2.03. The quantitative estimate of drug-likeness (QED) is 0.789. The summed E-state index contributed by atoms with van der Waals surface area (Å²) in [5, 5.41) is 0.145. The molecule has 0 aromatic carbocycles. The summed E-state index contributed by atoms with van der Waals surface area (Å²) in [7, 11) is 3.66. The summed E-state index contributed by atoms with van der Waals surface area (Å²) in [5.41, 5.74) is 0. The molecule has 6 heteroatoms. The molecule has 0 saturated carbocycles. The van der Waals surface area contributed by atoms with Crippen LogP contribution < -0.4 is 9.64 Å². The lowest BCUT2D eigenvalue weighted by molar-refractivity contribution is 0.199. The van der Waals surface area contributed by atoms with Crippen molar-refractivity contribution < 1.29 is 4.74 Å². The van der Waals surface area contributed by atoms with Crippen molar-refractivity contribution in [2.24, 2.45) is 0 Å². The predicted octanol–water partition coefficient (Wildman–Crippen LogP) is 1.77. The summed E-state index contributed by atoms with van der Waals surface area (Å²) >= 11 is 5.75. The summed E-state index contributed by atoms with van der Waals surface area (Å²) < 4.78 is 5.46. The van der Waals surface area contributed by atoms with Gasteiger partial charge in [0.15, 0.2) is 0 Å². The second-order valence-electron chi connectivity index (χ2n) is 3.42. The highest BCUT2D eigenvalue weighted by Crippen LogP contribution is 2.14. The van der Waals surface area contributed by atoms with E-state index in [2.05, 4.69) is 15.0 Å². The van der Waals surface area contributed by atoms with Gasteiger partial charge in [-0.2, -0.15) is 15.0 Å². The number of hydrogen-bond donors (Lipinski definition) is 0. The maximum Gasteiger partial charge on any atom is 0.322 e. The topological polar surface area (TPSA) is 51.1 Å². The lowest BCUT2D eigenvalue weighted by atomic mass is 10.3. The molecule has 1 atom stereocenters. The molecule has 1 aromatic rings. The molecule has 84 valence electrons. The molecule has 1 aromatic heterocycles. The van der Waals surface area contributed by atoms with Crippen LogP contribution in [-0.2, 0) is 0 Å². The summed E-state index contributed by atoms with van der Waals surface area (Å²) in [6.07, 6.45) is 0.958. The SMILES string of the molecule is CCC(C)Oc1nc(Cl)nc(N(C)C)n1. The van der Waals surface area contributed by atoms with Crippen LogP contribution in [0.1, 0.15) is 20.3 Å². The monoisotopic (exact) mass is 230 g/mol. The first kappa shape index (κ1) is 12.0. The van der Waals surface area contributed by atoms with Gasteiger partial charge in [-0.3, -0.25) is 0 Å². The van der Waals surface area contributed by atoms with E-state index in [1.54, 1.807) is 4.90 Å². The Balaban J connectivity index is 2.88. The molecule has 0 aliphatic carbocycles. The summed E-state index contributed by atoms with van der Waals surface area (Å²) in [4.78, 5) is 13.7. The van der Waals surface area contributed by atoms with Gasteiger partial charge in [0, 0.05) is 14.1 Å². The molecule has 0 amide bonds. The number of aromatic nitrogens is 3. The molecule has 0 spiro atoms. The van der Waals surface area contributed by atoms with Gasteiger partial charge in [0.2, 0.25) is 11.2 Å². The second kappa shape index (κ2) is 5.11. The van der Waals surface area contributed by atoms with Crippen LogP contribution in [0, 0.1) is 0 Å². The maximum absolute atomic E-state index is 5.75. The molecule has 0 bridgehead atoms. The van der Waals surface area contributed by atoms with Crippen molar-refractivity contribution in [1.82, 2.24) is 15.0 Å². The third kappa shape index (κ3) is 3.51. The summed E-state index contributed by atoms with van der Waals surface area (Å²) in [6, 6.07) is 0.271. The van der Waals surface area contributed by atoms with Gasteiger partial charge in [-0.05, 0) is 24.9 Å². The van der Waals surface area contributed by atoms with Crippen LogP contribution in [0.15, 0.2) is 0 Å². The van der Waals surface area contributed by atoms with E-state index in [0.717, 1.165) is 6.42 Å². The lowest BCUT2D eigenvalue weighted by Gasteiger charge is -2.13. The van der Waals surface area contributed by atoms with E-state index in [1.165, 1.54) is 0 Å². The smallest absolute Gasteiger partial charge is 0.322 e. The minimum atomic E-state index is 0.0680. The van der Waals surface area contributed by atoms with Crippen LogP contribution in [-0.4, -0.2) is 35.2 Å². The van der Waals surface area contributed by atoms with Crippen molar-refractivity contribution in [1.29, 1.82) is 0 Å². The van der Waals surface area contributed by atoms with Gasteiger partial charge >= 0.3 is 6.01 Å². The fraction of sp³-hybridized carbons (Fsp3) is 0.667. The van der Waals surface area contributed by atoms with Crippen molar-refractivity contribution in [3.05, 3.63) is 5.28 Å². The zero-order chi connectivity index (χ0) is 11.4. The standard InChI is InChI=1S/C9H15ClN4O/c1-5-6(2)15-9-12-7(10)11-8(13-9)14(3)4/h6H,5H2,1-4H3. The Bertz CT molecular complexity index is 332. The zero-order valence-electron chi connectivity index (χ0n) is 9.36. The number of ether oxygens (including phenoxy) is 1. The second-order valence-corrected chi connectivity index (χ2v) is 3.76. The minimum Gasteiger partial charge on any atom is -0.460 e. The first-order valence-corrected chi connectivity index (χ1v) is 5.16. The highest BCUT2D eigenvalue weighted by Gasteiger charge is 2.09. The van der Waals surface area contributed by atoms with E-state index >= 15 is 0 Å². The van der Waals surface area contributed by atoms with Gasteiger partial charge in [-0.15, -0.1) is 0 Å². The molecule has 5 nitrogen and oxygen atoms in total. The molecule has 0 N–H and O–H groups in total. The molecule has 1 rings (SSSR count). The lowest BCUT2D eigenvalue weighted by Crippen LogP contribution is -2.17. The molecule has 0 aliphatic heterocycles. The van der Waals surface area contributed by atoms with Crippen LogP contribution in [0.4, 0.5) is 5.95 Å². The van der Waals surface area contributed by atoms with Crippen LogP contribution in [0.2, 0.25) is 5.28 Å². The first-order valence-electron chi connectivity index (χ1n) is 4.78. The average Bonchev–Trinajstić information content (AvgIpc) is 2.16. The fourth-order valence-electron chi connectivity index (χ4n) is 0.838. The van der Waals surface area contributed by atoms with Crippen LogP contribution in [0.3, 0.4) is 0 Å². The van der Waals surface area contributed by atoms with Gasteiger partial charge in [0.1, 0.15) is 0 Å². The zero-order valence-corrected chi connectivity index (χ0v) is 10.1. The molecule has 0 fully saturated rings. The Labute approximate surface area is 94.5 Å². The van der Waals surface area contributed by atoms with Gasteiger partial charge < -0.3 is 9.64 Å². The third-order valence-electron chi connectivity index (χ3n) is 1.86. The Morgan fingerprint density at radius 2 is 2.00 bits per heavy atom. The van der Waals surface area contributed by atoms with Gasteiger partial charge in [-0.25, -0.2) is 0 Å². The molecule has 0 saturated heterocycles. The van der Waals surface area contributed by atoms with Gasteiger partial charge in [0.05, 0.1) is 6.10 Å². The normalized spacial score (nSPS) is 12.3. The minimum absolute atomic E-state index is 0.0680. The molecule has 0 aliphatic rings. The molecule has 1 unspecified atom stereocenters. The number of rotatable bonds is 4. The van der Waals surface area contributed by atoms with E-state index < -0.39 is 0 Å². The Morgan fingerprint density at radius 1 is 1.33 bits per heavy atom. The number of hydrogen-bond acceptors (Lipinski definition) is 5. The molecule has 0 radical (unpaired) electrons. The van der Waals surface area contributed by atoms with Crippen LogP contribution >= 0.6 is 11.6 Å². The first-order chi connectivity index (χ1) is 7.02. The summed E-state index contributed by atoms with van der Waals surface area (Å²) in [5.74, 6) is 0.494. The van der Waals surface area contributed by atoms with Crippen molar-refractivity contribution in [2.75, 3.05) is 19.0 Å². The Morgan fingerprint density at radius 3 is 2.53 bits per heavy atom. The maximum atomic E-state index is 5.75. The van der Waals surface area contributed by atoms with E-state index in [0.29, 0.717) is 5.95 Å². The van der Waals surface area contributed by atoms with Crippen molar-refractivity contribution in [3.8, 4) is 6.01 Å². The number of nitrogens with zero attached hydrogens (tertiary/aromatic N) is 4. The number of halogens is 1. The van der Waals surface area contributed by atoms with E-state index in [-0.39, 0.29) is 17.4 Å². The molecular formula is C9H15ClN4O. The summed E-state index contributed by atoms with van der Waals surface area (Å²) in [6.45, 7) is 3.98. The average molecular weight is 231 g/mol. The van der Waals surface area contributed by atoms with Gasteiger partial charge in [0.25, 0.3) is 0 Å². The molecular weight excluding hydrogens is 216 g/mol. The Hall–Kier alpha value is -1.10. The highest BCUT2D eigenvalue weighted by atomic mass is 35.5. The Kier molecular flexibility index (Phi) is 4.08. The fourth-order valence-corrected chi connectivity index (χ4v) is 0.986.